The molecule has 0 spiro atoms. The van der Waals surface area contributed by atoms with Gasteiger partial charge in [-0.1, -0.05) is 109 Å². The summed E-state index contributed by atoms with van der Waals surface area (Å²) >= 11 is 0. The van der Waals surface area contributed by atoms with Crippen molar-refractivity contribution in [3.8, 4) is 23.0 Å². The summed E-state index contributed by atoms with van der Waals surface area (Å²) in [6.45, 7) is 0. The van der Waals surface area contributed by atoms with E-state index in [1.165, 1.54) is 49.0 Å². The van der Waals surface area contributed by atoms with E-state index in [0.717, 1.165) is 57.9 Å². The maximum Gasteiger partial charge on any atom is 0.138 e. The number of benzene rings is 5. The van der Waals surface area contributed by atoms with Crippen LogP contribution in [0, 0.1) is 0 Å². The van der Waals surface area contributed by atoms with Crippen molar-refractivity contribution in [2.45, 2.75) is 12.8 Å². The molecule has 51 heavy (non-hydrogen) atoms. The number of aromatic nitrogens is 5. The predicted octanol–water partition coefficient (Wildman–Crippen LogP) is 11.6. The Balaban J connectivity index is 1.17. The van der Waals surface area contributed by atoms with Crippen molar-refractivity contribution < 1.29 is 0 Å². The van der Waals surface area contributed by atoms with Crippen LogP contribution in [0.3, 0.4) is 0 Å². The van der Waals surface area contributed by atoms with Crippen molar-refractivity contribution in [2.75, 3.05) is 0 Å². The zero-order valence-corrected chi connectivity index (χ0v) is 27.7. The quantitative estimate of drug-likeness (QED) is 0.190. The van der Waals surface area contributed by atoms with Crippen LogP contribution in [0.1, 0.15) is 12.8 Å². The fourth-order valence-corrected chi connectivity index (χ4v) is 8.36. The van der Waals surface area contributed by atoms with Crippen LogP contribution in [0.25, 0.3) is 94.1 Å². The molecule has 5 aromatic carbocycles. The topological polar surface area (TPSA) is 40.6 Å². The first-order chi connectivity index (χ1) is 25.3. The lowest BCUT2D eigenvalue weighted by Crippen LogP contribution is -2.03. The molecule has 0 amide bonds. The van der Waals surface area contributed by atoms with Crippen molar-refractivity contribution in [1.82, 2.24) is 23.7 Å². The van der Waals surface area contributed by atoms with Crippen LogP contribution >= 0.6 is 0 Å². The van der Waals surface area contributed by atoms with Crippen LogP contribution in [-0.2, 0) is 0 Å². The summed E-state index contributed by atoms with van der Waals surface area (Å²) < 4.78 is 7.12. The molecular formula is C46H31N5. The largest absolute Gasteiger partial charge is 0.311 e. The first-order valence-electron chi connectivity index (χ1n) is 17.6. The molecule has 10 aromatic rings. The van der Waals surface area contributed by atoms with Gasteiger partial charge in [0.1, 0.15) is 11.6 Å². The molecule has 0 saturated carbocycles. The summed E-state index contributed by atoms with van der Waals surface area (Å²) in [4.78, 5) is 10.7. The minimum Gasteiger partial charge on any atom is -0.311 e. The molecule has 0 N–H and O–H groups in total. The normalized spacial score (nSPS) is 13.4. The van der Waals surface area contributed by atoms with Gasteiger partial charge in [0.15, 0.2) is 0 Å². The molecule has 5 heteroatoms. The average Bonchev–Trinajstić information content (AvgIpc) is 3.84. The third-order valence-corrected chi connectivity index (χ3v) is 10.5. The number of para-hydroxylation sites is 4. The van der Waals surface area contributed by atoms with Gasteiger partial charge in [-0.3, -0.25) is 9.13 Å². The lowest BCUT2D eigenvalue weighted by molar-refractivity contribution is 0.978. The van der Waals surface area contributed by atoms with Crippen molar-refractivity contribution in [3.05, 3.63) is 164 Å². The number of allylic oxidation sites excluding steroid dienone is 4. The average molecular weight is 654 g/mol. The minimum absolute atomic E-state index is 0.828. The molecule has 0 radical (unpaired) electrons. The van der Waals surface area contributed by atoms with Gasteiger partial charge in [-0.25, -0.2) is 9.97 Å². The number of pyridine rings is 2. The van der Waals surface area contributed by atoms with Gasteiger partial charge in [-0.15, -0.1) is 0 Å². The highest BCUT2D eigenvalue weighted by molar-refractivity contribution is 6.24. The maximum absolute atomic E-state index is 5.39. The Morgan fingerprint density at radius 3 is 1.37 bits per heavy atom. The number of hydrogen-bond donors (Lipinski definition) is 0. The molecule has 240 valence electrons. The van der Waals surface area contributed by atoms with E-state index in [1.54, 1.807) is 0 Å². The number of fused-ring (bicyclic) bond motifs is 10. The number of nitrogens with zero attached hydrogens (tertiary/aromatic N) is 5. The molecule has 0 atom stereocenters. The monoisotopic (exact) mass is 653 g/mol. The van der Waals surface area contributed by atoms with Crippen molar-refractivity contribution in [2.24, 2.45) is 0 Å². The van der Waals surface area contributed by atoms with Crippen molar-refractivity contribution >= 4 is 71.1 Å². The van der Waals surface area contributed by atoms with Crippen LogP contribution in [0.4, 0.5) is 0 Å². The smallest absolute Gasteiger partial charge is 0.138 e. The molecule has 0 aliphatic heterocycles. The SMILES string of the molecule is C1=CCCC(n2c3ccccc3c3ccc4c5ccccc5n(-c5cccc(-c6cccc(-n7c8ccccc8c8ccccc87)n6)n5)c4c32)=C1. The lowest BCUT2D eigenvalue weighted by Gasteiger charge is -2.16. The van der Waals surface area contributed by atoms with E-state index < -0.39 is 0 Å². The van der Waals surface area contributed by atoms with Gasteiger partial charge < -0.3 is 4.57 Å². The van der Waals surface area contributed by atoms with Gasteiger partial charge in [0.25, 0.3) is 0 Å². The predicted molar refractivity (Wildman–Crippen MR) is 212 cm³/mol. The summed E-state index contributed by atoms with van der Waals surface area (Å²) in [5, 5.41) is 7.37. The standard InChI is InChI=1S/C46H31N5/c1-2-14-30(15-3-1)49-39-22-8-6-18-33(39)35-28-29-36-34-19-7-11-25-42(34)51(46(36)45(35)49)44-27-13-21-38(48-44)37-20-12-26-43(47-37)50-40-23-9-4-16-31(40)32-17-5-10-24-41(32)50/h1-2,4-14,16-29H,3,15H2. The van der Waals surface area contributed by atoms with Gasteiger partial charge in [-0.05, 0) is 67.4 Å². The van der Waals surface area contributed by atoms with Crippen LogP contribution < -0.4 is 0 Å². The fraction of sp³-hybridized carbons (Fsp3) is 0.0435. The van der Waals surface area contributed by atoms with E-state index in [-0.39, 0.29) is 0 Å². The number of rotatable bonds is 4. The van der Waals surface area contributed by atoms with E-state index in [0.29, 0.717) is 0 Å². The van der Waals surface area contributed by atoms with Crippen LogP contribution in [-0.4, -0.2) is 23.7 Å². The van der Waals surface area contributed by atoms with Crippen molar-refractivity contribution in [1.29, 1.82) is 0 Å². The molecule has 0 saturated heterocycles. The molecule has 0 bridgehead atoms. The Bertz CT molecular complexity index is 3040. The van der Waals surface area contributed by atoms with Gasteiger partial charge >= 0.3 is 0 Å². The first-order valence-corrected chi connectivity index (χ1v) is 17.6. The minimum atomic E-state index is 0.828. The Hall–Kier alpha value is -6.72. The van der Waals surface area contributed by atoms with E-state index in [4.69, 9.17) is 9.97 Å². The van der Waals surface area contributed by atoms with Crippen LogP contribution in [0.15, 0.2) is 164 Å². The lowest BCUT2D eigenvalue weighted by atomic mass is 10.1. The highest BCUT2D eigenvalue weighted by Gasteiger charge is 2.22. The fourth-order valence-electron chi connectivity index (χ4n) is 8.36. The van der Waals surface area contributed by atoms with Crippen LogP contribution in [0.5, 0.6) is 0 Å². The Kier molecular flexibility index (Phi) is 6.01. The molecule has 1 aliphatic carbocycles. The van der Waals surface area contributed by atoms with Crippen LogP contribution in [0.2, 0.25) is 0 Å². The van der Waals surface area contributed by atoms with Gasteiger partial charge in [0.2, 0.25) is 0 Å². The molecule has 11 rings (SSSR count). The summed E-state index contributed by atoms with van der Waals surface area (Å²) in [6, 6.07) is 51.7. The molecule has 5 nitrogen and oxygen atoms in total. The van der Waals surface area contributed by atoms with E-state index >= 15 is 0 Å². The second-order valence-corrected chi connectivity index (χ2v) is 13.3. The second-order valence-electron chi connectivity index (χ2n) is 13.3. The summed E-state index contributed by atoms with van der Waals surface area (Å²) in [5.41, 5.74) is 9.97. The zero-order valence-electron chi connectivity index (χ0n) is 27.7. The molecule has 5 heterocycles. The zero-order chi connectivity index (χ0) is 33.5. The van der Waals surface area contributed by atoms with E-state index in [9.17, 15) is 0 Å². The van der Waals surface area contributed by atoms with Crippen molar-refractivity contribution in [3.63, 3.8) is 0 Å². The Labute approximate surface area is 293 Å². The summed E-state index contributed by atoms with van der Waals surface area (Å²) in [7, 11) is 0. The molecule has 5 aromatic heterocycles. The third-order valence-electron chi connectivity index (χ3n) is 10.5. The maximum atomic E-state index is 5.39. The second kappa shape index (κ2) is 10.9. The summed E-state index contributed by atoms with van der Waals surface area (Å²) in [6.07, 6.45) is 8.74. The van der Waals surface area contributed by atoms with Gasteiger partial charge in [0, 0.05) is 38.0 Å². The molecule has 1 aliphatic rings. The molecule has 0 unspecified atom stereocenters. The first kappa shape index (κ1) is 28.2. The highest BCUT2D eigenvalue weighted by atomic mass is 15.1. The Morgan fingerprint density at radius 2 is 0.843 bits per heavy atom. The van der Waals surface area contributed by atoms with Gasteiger partial charge in [-0.2, -0.15) is 0 Å². The third kappa shape index (κ3) is 4.09. The molecular weight excluding hydrogens is 623 g/mol. The van der Waals surface area contributed by atoms with E-state index in [2.05, 4.69) is 178 Å². The highest BCUT2D eigenvalue weighted by Crippen LogP contribution is 2.42. The Morgan fingerprint density at radius 1 is 0.392 bits per heavy atom. The van der Waals surface area contributed by atoms with Gasteiger partial charge in [0.05, 0.1) is 44.5 Å². The summed E-state index contributed by atoms with van der Waals surface area (Å²) in [5.74, 6) is 1.74. The van der Waals surface area contributed by atoms with E-state index in [1.807, 2.05) is 0 Å². The number of hydrogen-bond acceptors (Lipinski definition) is 2. The molecule has 0 fully saturated rings.